The number of hydrogen-bond acceptors (Lipinski definition) is 5. The van der Waals surface area contributed by atoms with E-state index < -0.39 is 17.6 Å². The van der Waals surface area contributed by atoms with Crippen LogP contribution in [0, 0.1) is 5.92 Å². The number of amides is 3. The van der Waals surface area contributed by atoms with E-state index in [1.54, 1.807) is 18.3 Å². The van der Waals surface area contributed by atoms with Crippen LogP contribution >= 0.6 is 0 Å². The molecule has 138 valence electrons. The summed E-state index contributed by atoms with van der Waals surface area (Å²) in [6.07, 6.45) is 5.17. The Morgan fingerprint density at radius 1 is 1.42 bits per heavy atom. The minimum Gasteiger partial charge on any atom is -0.473 e. The van der Waals surface area contributed by atoms with Crippen molar-refractivity contribution in [3.63, 3.8) is 0 Å². The van der Waals surface area contributed by atoms with Crippen molar-refractivity contribution in [3.8, 4) is 5.75 Å². The van der Waals surface area contributed by atoms with Gasteiger partial charge < -0.3 is 20.7 Å². The van der Waals surface area contributed by atoms with E-state index in [1.807, 2.05) is 0 Å². The van der Waals surface area contributed by atoms with Gasteiger partial charge >= 0.3 is 0 Å². The smallest absolute Gasteiger partial charge is 0.266 e. The van der Waals surface area contributed by atoms with Crippen molar-refractivity contribution >= 4 is 17.7 Å². The second kappa shape index (κ2) is 6.26. The number of aromatic nitrogens is 1. The van der Waals surface area contributed by atoms with Crippen molar-refractivity contribution in [1.82, 2.24) is 15.2 Å². The molecule has 2 fully saturated rings. The van der Waals surface area contributed by atoms with Crippen LogP contribution in [0.25, 0.3) is 0 Å². The molecule has 2 atom stereocenters. The monoisotopic (exact) mass is 358 g/mol. The van der Waals surface area contributed by atoms with Crippen molar-refractivity contribution in [2.45, 2.75) is 50.3 Å². The number of carbonyl (C=O) groups excluding carboxylic acids is 3. The zero-order chi connectivity index (χ0) is 18.3. The number of nitrogens with two attached hydrogens (primary N) is 1. The van der Waals surface area contributed by atoms with Gasteiger partial charge in [0.05, 0.1) is 13.1 Å². The third-order valence-electron chi connectivity index (χ3n) is 5.42. The van der Waals surface area contributed by atoms with E-state index in [2.05, 4.69) is 10.3 Å². The Morgan fingerprint density at radius 2 is 2.23 bits per heavy atom. The van der Waals surface area contributed by atoms with Crippen molar-refractivity contribution < 1.29 is 19.1 Å². The molecule has 3 N–H and O–H groups in total. The van der Waals surface area contributed by atoms with Crippen LogP contribution in [0.1, 0.15) is 37.8 Å². The SMILES string of the molecule is NC(=O)[C@@H]1C[C@]2(CN1C(=O)CCC1CC1)Oc1cccnc1CNC2=O. The van der Waals surface area contributed by atoms with Gasteiger partial charge in [0.15, 0.2) is 0 Å². The number of rotatable bonds is 4. The van der Waals surface area contributed by atoms with E-state index in [1.165, 1.54) is 4.90 Å². The number of nitrogens with one attached hydrogen (secondary N) is 1. The molecular weight excluding hydrogens is 336 g/mol. The molecule has 1 saturated heterocycles. The van der Waals surface area contributed by atoms with Crippen molar-refractivity contribution in [2.24, 2.45) is 11.7 Å². The van der Waals surface area contributed by atoms with Gasteiger partial charge in [-0.2, -0.15) is 0 Å². The molecule has 8 heteroatoms. The van der Waals surface area contributed by atoms with E-state index in [-0.39, 0.29) is 31.3 Å². The van der Waals surface area contributed by atoms with Crippen LogP contribution < -0.4 is 15.8 Å². The summed E-state index contributed by atoms with van der Waals surface area (Å²) in [4.78, 5) is 43.0. The van der Waals surface area contributed by atoms with Gasteiger partial charge in [0.2, 0.25) is 17.4 Å². The third kappa shape index (κ3) is 3.00. The highest BCUT2D eigenvalue weighted by molar-refractivity contribution is 5.93. The van der Waals surface area contributed by atoms with Crippen LogP contribution in [-0.2, 0) is 20.9 Å². The Bertz CT molecular complexity index is 763. The molecule has 3 heterocycles. The number of likely N-dealkylation sites (tertiary alicyclic amines) is 1. The van der Waals surface area contributed by atoms with Crippen molar-refractivity contribution in [1.29, 1.82) is 0 Å². The molecule has 3 amide bonds. The van der Waals surface area contributed by atoms with E-state index in [0.29, 0.717) is 23.8 Å². The molecule has 1 aromatic rings. The van der Waals surface area contributed by atoms with Crippen molar-refractivity contribution in [2.75, 3.05) is 6.54 Å². The fourth-order valence-corrected chi connectivity index (χ4v) is 3.74. The number of hydrogen-bond donors (Lipinski definition) is 2. The molecule has 1 aliphatic carbocycles. The van der Waals surface area contributed by atoms with Gasteiger partial charge in [-0.25, -0.2) is 0 Å². The second-order valence-corrected chi connectivity index (χ2v) is 7.35. The average molecular weight is 358 g/mol. The Balaban J connectivity index is 1.60. The van der Waals surface area contributed by atoms with Gasteiger partial charge in [-0.15, -0.1) is 0 Å². The van der Waals surface area contributed by atoms with Crippen LogP contribution in [0.15, 0.2) is 18.3 Å². The maximum atomic E-state index is 12.8. The first-order valence-electron chi connectivity index (χ1n) is 8.98. The van der Waals surface area contributed by atoms with E-state index in [9.17, 15) is 14.4 Å². The number of carbonyl (C=O) groups is 3. The maximum absolute atomic E-state index is 12.8. The summed E-state index contributed by atoms with van der Waals surface area (Å²) >= 11 is 0. The summed E-state index contributed by atoms with van der Waals surface area (Å²) in [5, 5.41) is 2.80. The number of primary amides is 1. The van der Waals surface area contributed by atoms with Gasteiger partial charge in [-0.3, -0.25) is 19.4 Å². The first kappa shape index (κ1) is 16.8. The maximum Gasteiger partial charge on any atom is 0.266 e. The first-order chi connectivity index (χ1) is 12.5. The summed E-state index contributed by atoms with van der Waals surface area (Å²) in [5.41, 5.74) is 4.83. The molecule has 0 unspecified atom stereocenters. The van der Waals surface area contributed by atoms with E-state index in [0.717, 1.165) is 19.3 Å². The predicted molar refractivity (Wildman–Crippen MR) is 90.7 cm³/mol. The highest BCUT2D eigenvalue weighted by Crippen LogP contribution is 2.37. The summed E-state index contributed by atoms with van der Waals surface area (Å²) in [6.45, 7) is 0.262. The highest BCUT2D eigenvalue weighted by Gasteiger charge is 2.55. The lowest BCUT2D eigenvalue weighted by Gasteiger charge is -2.27. The molecule has 1 spiro atoms. The van der Waals surface area contributed by atoms with Crippen LogP contribution in [0.4, 0.5) is 0 Å². The molecular formula is C18H22N4O4. The van der Waals surface area contributed by atoms with E-state index in [4.69, 9.17) is 10.5 Å². The zero-order valence-electron chi connectivity index (χ0n) is 14.4. The lowest BCUT2D eigenvalue weighted by atomic mass is 9.98. The lowest BCUT2D eigenvalue weighted by Crippen LogP contribution is -2.52. The summed E-state index contributed by atoms with van der Waals surface area (Å²) in [5.74, 6) is -0.0168. The normalized spacial score (nSPS) is 27.5. The van der Waals surface area contributed by atoms with E-state index >= 15 is 0 Å². The molecule has 26 heavy (non-hydrogen) atoms. The molecule has 3 aliphatic rings. The molecule has 4 rings (SSSR count). The number of pyridine rings is 1. The quantitative estimate of drug-likeness (QED) is 0.792. The topological polar surface area (TPSA) is 115 Å². The van der Waals surface area contributed by atoms with Gasteiger partial charge in [-0.1, -0.05) is 12.8 Å². The zero-order valence-corrected chi connectivity index (χ0v) is 14.4. The molecule has 1 saturated carbocycles. The molecule has 2 aliphatic heterocycles. The number of ether oxygens (including phenoxy) is 1. The number of fused-ring (bicyclic) bond motifs is 1. The molecule has 0 radical (unpaired) electrons. The minimum atomic E-state index is -1.32. The largest absolute Gasteiger partial charge is 0.473 e. The van der Waals surface area contributed by atoms with Gasteiger partial charge in [0.25, 0.3) is 5.91 Å². The fourth-order valence-electron chi connectivity index (χ4n) is 3.74. The summed E-state index contributed by atoms with van der Waals surface area (Å²) in [7, 11) is 0. The van der Waals surface area contributed by atoms with Gasteiger partial charge in [0, 0.05) is 19.0 Å². The standard InChI is InChI=1S/C18H22N4O4/c19-16(24)13-8-18(10-22(13)15(23)6-5-11-3-4-11)17(25)21-9-12-14(26-18)2-1-7-20-12/h1-2,7,11,13H,3-6,8-10H2,(H2,19,24)(H,21,25)/t13-,18+/m0/s1. The van der Waals surface area contributed by atoms with Gasteiger partial charge in [0.1, 0.15) is 17.5 Å². The minimum absolute atomic E-state index is 0.0181. The Hall–Kier alpha value is -2.64. The molecule has 1 aromatic heterocycles. The second-order valence-electron chi connectivity index (χ2n) is 7.35. The fraction of sp³-hybridized carbons (Fsp3) is 0.556. The van der Waals surface area contributed by atoms with Crippen LogP contribution in [-0.4, -0.2) is 45.8 Å². The number of nitrogens with zero attached hydrogens (tertiary/aromatic N) is 2. The molecule has 0 aromatic carbocycles. The van der Waals surface area contributed by atoms with Crippen molar-refractivity contribution in [3.05, 3.63) is 24.0 Å². The highest BCUT2D eigenvalue weighted by atomic mass is 16.5. The summed E-state index contributed by atoms with van der Waals surface area (Å²) in [6, 6.07) is 2.62. The van der Waals surface area contributed by atoms with Gasteiger partial charge in [-0.05, 0) is 24.5 Å². The lowest BCUT2D eigenvalue weighted by molar-refractivity contribution is -0.139. The Morgan fingerprint density at radius 3 is 2.96 bits per heavy atom. The average Bonchev–Trinajstić information content (AvgIpc) is 3.38. The van der Waals surface area contributed by atoms with Crippen LogP contribution in [0.3, 0.4) is 0 Å². The molecule has 8 nitrogen and oxygen atoms in total. The van der Waals surface area contributed by atoms with Crippen LogP contribution in [0.5, 0.6) is 5.75 Å². The first-order valence-corrected chi connectivity index (χ1v) is 8.98. The predicted octanol–water partition coefficient (Wildman–Crippen LogP) is 0.105. The third-order valence-corrected chi connectivity index (χ3v) is 5.42. The Labute approximate surface area is 151 Å². The molecule has 0 bridgehead atoms. The van der Waals surface area contributed by atoms with Crippen LogP contribution in [0.2, 0.25) is 0 Å². The summed E-state index contributed by atoms with van der Waals surface area (Å²) < 4.78 is 6.04. The Kier molecular flexibility index (Phi) is 4.05.